The summed E-state index contributed by atoms with van der Waals surface area (Å²) < 4.78 is 5.09. The first kappa shape index (κ1) is 14.9. The van der Waals surface area contributed by atoms with Crippen molar-refractivity contribution < 1.29 is 9.53 Å². The van der Waals surface area contributed by atoms with Crippen LogP contribution in [0.15, 0.2) is 42.5 Å². The third-order valence-electron chi connectivity index (χ3n) is 3.49. The van der Waals surface area contributed by atoms with E-state index in [0.29, 0.717) is 17.0 Å². The van der Waals surface area contributed by atoms with Gasteiger partial charge in [-0.25, -0.2) is 0 Å². The van der Waals surface area contributed by atoms with Gasteiger partial charge in [0.25, 0.3) is 5.91 Å². The molecule has 0 aliphatic heterocycles. The molecule has 0 heterocycles. The van der Waals surface area contributed by atoms with E-state index in [1.54, 1.807) is 25.3 Å². The van der Waals surface area contributed by atoms with Crippen molar-refractivity contribution in [3.8, 4) is 5.75 Å². The van der Waals surface area contributed by atoms with E-state index in [4.69, 9.17) is 10.5 Å². The summed E-state index contributed by atoms with van der Waals surface area (Å²) in [6.45, 7) is 4.00. The van der Waals surface area contributed by atoms with Gasteiger partial charge in [0.05, 0.1) is 18.8 Å². The molecule has 0 fully saturated rings. The molecule has 110 valence electrons. The number of nitrogen functional groups attached to an aromatic ring is 1. The maximum atomic E-state index is 12.3. The highest BCUT2D eigenvalue weighted by Gasteiger charge is 2.14. The van der Waals surface area contributed by atoms with Gasteiger partial charge in [0.2, 0.25) is 0 Å². The zero-order chi connectivity index (χ0) is 15.4. The second-order valence-corrected chi connectivity index (χ2v) is 5.01. The number of ether oxygens (including phenoxy) is 1. The molecule has 2 aromatic rings. The Bertz CT molecular complexity index is 653. The van der Waals surface area contributed by atoms with Crippen LogP contribution in [0, 0.1) is 6.92 Å². The molecule has 1 unspecified atom stereocenters. The molecule has 0 saturated heterocycles. The summed E-state index contributed by atoms with van der Waals surface area (Å²) in [5, 5.41) is 2.98. The van der Waals surface area contributed by atoms with Crippen LogP contribution >= 0.6 is 0 Å². The second-order valence-electron chi connectivity index (χ2n) is 5.01. The van der Waals surface area contributed by atoms with Crippen LogP contribution in [0.3, 0.4) is 0 Å². The van der Waals surface area contributed by atoms with Gasteiger partial charge in [0, 0.05) is 5.56 Å². The number of carbonyl (C=O) groups excluding carboxylic acids is 1. The van der Waals surface area contributed by atoms with Crippen LogP contribution in [0.2, 0.25) is 0 Å². The summed E-state index contributed by atoms with van der Waals surface area (Å²) in [5.41, 5.74) is 9.06. The molecule has 0 radical (unpaired) electrons. The molecule has 0 aliphatic carbocycles. The van der Waals surface area contributed by atoms with Crippen molar-refractivity contribution in [2.24, 2.45) is 0 Å². The van der Waals surface area contributed by atoms with Crippen LogP contribution in [0.1, 0.15) is 34.5 Å². The Morgan fingerprint density at radius 1 is 1.24 bits per heavy atom. The van der Waals surface area contributed by atoms with E-state index < -0.39 is 0 Å². The normalized spacial score (nSPS) is 11.8. The Morgan fingerprint density at radius 2 is 1.95 bits per heavy atom. The van der Waals surface area contributed by atoms with Gasteiger partial charge in [-0.3, -0.25) is 4.79 Å². The Hall–Kier alpha value is -2.49. The van der Waals surface area contributed by atoms with Gasteiger partial charge in [0.15, 0.2) is 0 Å². The number of rotatable bonds is 4. The lowest BCUT2D eigenvalue weighted by atomic mass is 10.0. The summed E-state index contributed by atoms with van der Waals surface area (Å²) in [4.78, 5) is 12.3. The Labute approximate surface area is 124 Å². The van der Waals surface area contributed by atoms with Crippen molar-refractivity contribution >= 4 is 11.6 Å². The quantitative estimate of drug-likeness (QED) is 0.848. The molecule has 0 bridgehead atoms. The summed E-state index contributed by atoms with van der Waals surface area (Å²) in [5.74, 6) is 0.415. The van der Waals surface area contributed by atoms with Gasteiger partial charge in [0.1, 0.15) is 5.75 Å². The molecule has 4 heteroatoms. The number of hydrogen-bond donors (Lipinski definition) is 2. The number of amides is 1. The SMILES string of the molecule is COc1ccc(C(=O)NC(C)c2ccccc2C)cc1N. The zero-order valence-electron chi connectivity index (χ0n) is 12.5. The average molecular weight is 284 g/mol. The first-order valence-electron chi connectivity index (χ1n) is 6.83. The number of carbonyl (C=O) groups is 1. The number of anilines is 1. The molecule has 1 amide bonds. The number of nitrogens with two attached hydrogens (primary N) is 1. The molecular weight excluding hydrogens is 264 g/mol. The van der Waals surface area contributed by atoms with E-state index in [1.165, 1.54) is 0 Å². The zero-order valence-corrected chi connectivity index (χ0v) is 12.5. The Morgan fingerprint density at radius 3 is 2.57 bits per heavy atom. The monoisotopic (exact) mass is 284 g/mol. The van der Waals surface area contributed by atoms with E-state index in [2.05, 4.69) is 5.32 Å². The van der Waals surface area contributed by atoms with Gasteiger partial charge < -0.3 is 15.8 Å². The third kappa shape index (κ3) is 3.34. The lowest BCUT2D eigenvalue weighted by molar-refractivity contribution is 0.0940. The van der Waals surface area contributed by atoms with Crippen molar-refractivity contribution in [1.82, 2.24) is 5.32 Å². The van der Waals surface area contributed by atoms with Gasteiger partial charge in [-0.1, -0.05) is 24.3 Å². The first-order valence-corrected chi connectivity index (χ1v) is 6.83. The molecule has 2 rings (SSSR count). The fourth-order valence-electron chi connectivity index (χ4n) is 2.31. The van der Waals surface area contributed by atoms with Crippen LogP contribution in [0.4, 0.5) is 5.69 Å². The van der Waals surface area contributed by atoms with Gasteiger partial charge in [-0.05, 0) is 43.2 Å². The number of methoxy groups -OCH3 is 1. The Kier molecular flexibility index (Phi) is 4.48. The molecule has 21 heavy (non-hydrogen) atoms. The van der Waals surface area contributed by atoms with Crippen molar-refractivity contribution in [3.63, 3.8) is 0 Å². The van der Waals surface area contributed by atoms with Gasteiger partial charge in [-0.2, -0.15) is 0 Å². The van der Waals surface area contributed by atoms with Crippen LogP contribution in [0.25, 0.3) is 0 Å². The Balaban J connectivity index is 2.14. The number of aryl methyl sites for hydroxylation is 1. The topological polar surface area (TPSA) is 64.3 Å². The number of nitrogens with one attached hydrogen (secondary N) is 1. The lowest BCUT2D eigenvalue weighted by Gasteiger charge is -2.17. The van der Waals surface area contributed by atoms with Gasteiger partial charge >= 0.3 is 0 Å². The predicted molar refractivity (Wildman–Crippen MR) is 84.5 cm³/mol. The van der Waals surface area contributed by atoms with Crippen LogP contribution in [0.5, 0.6) is 5.75 Å². The third-order valence-corrected chi connectivity index (χ3v) is 3.49. The molecular formula is C17H20N2O2. The van der Waals surface area contributed by atoms with E-state index in [-0.39, 0.29) is 11.9 Å². The summed E-state index contributed by atoms with van der Waals surface area (Å²) in [6.07, 6.45) is 0. The highest BCUT2D eigenvalue weighted by atomic mass is 16.5. The number of hydrogen-bond acceptors (Lipinski definition) is 3. The average Bonchev–Trinajstić information content (AvgIpc) is 2.47. The van der Waals surface area contributed by atoms with Crippen LogP contribution in [-0.4, -0.2) is 13.0 Å². The maximum absolute atomic E-state index is 12.3. The van der Waals surface area contributed by atoms with Crippen molar-refractivity contribution in [3.05, 3.63) is 59.2 Å². The first-order chi connectivity index (χ1) is 10.0. The minimum atomic E-state index is -0.153. The fraction of sp³-hybridized carbons (Fsp3) is 0.235. The summed E-state index contributed by atoms with van der Waals surface area (Å²) in [6, 6.07) is 13.0. The minimum absolute atomic E-state index is 0.0676. The summed E-state index contributed by atoms with van der Waals surface area (Å²) in [7, 11) is 1.55. The molecule has 0 aliphatic rings. The molecule has 3 N–H and O–H groups in total. The minimum Gasteiger partial charge on any atom is -0.495 e. The summed E-state index contributed by atoms with van der Waals surface area (Å²) >= 11 is 0. The van der Waals surface area contributed by atoms with Crippen LogP contribution < -0.4 is 15.8 Å². The van der Waals surface area contributed by atoms with Gasteiger partial charge in [-0.15, -0.1) is 0 Å². The molecule has 1 atom stereocenters. The standard InChI is InChI=1S/C17H20N2O2/c1-11-6-4-5-7-14(11)12(2)19-17(20)13-8-9-16(21-3)15(18)10-13/h4-10,12H,18H2,1-3H3,(H,19,20). The number of benzene rings is 2. The van der Waals surface area contributed by atoms with Crippen molar-refractivity contribution in [1.29, 1.82) is 0 Å². The van der Waals surface area contributed by atoms with E-state index in [9.17, 15) is 4.79 Å². The molecule has 0 aromatic heterocycles. The maximum Gasteiger partial charge on any atom is 0.251 e. The molecule has 4 nitrogen and oxygen atoms in total. The highest BCUT2D eigenvalue weighted by Crippen LogP contribution is 2.23. The van der Waals surface area contributed by atoms with E-state index >= 15 is 0 Å². The highest BCUT2D eigenvalue weighted by molar-refractivity contribution is 5.95. The second kappa shape index (κ2) is 6.31. The van der Waals surface area contributed by atoms with E-state index in [0.717, 1.165) is 11.1 Å². The molecule has 2 aromatic carbocycles. The van der Waals surface area contributed by atoms with Crippen molar-refractivity contribution in [2.45, 2.75) is 19.9 Å². The molecule has 0 saturated carbocycles. The predicted octanol–water partition coefficient (Wildman–Crippen LogP) is 3.08. The van der Waals surface area contributed by atoms with Crippen molar-refractivity contribution in [2.75, 3.05) is 12.8 Å². The lowest BCUT2D eigenvalue weighted by Crippen LogP contribution is -2.27. The van der Waals surface area contributed by atoms with Crippen LogP contribution in [-0.2, 0) is 0 Å². The fourth-order valence-corrected chi connectivity index (χ4v) is 2.31. The van der Waals surface area contributed by atoms with E-state index in [1.807, 2.05) is 38.1 Å². The smallest absolute Gasteiger partial charge is 0.251 e. The largest absolute Gasteiger partial charge is 0.495 e. The molecule has 0 spiro atoms.